The topological polar surface area (TPSA) is 78.8 Å². The molecule has 0 fully saturated rings. The van der Waals surface area contributed by atoms with E-state index in [2.05, 4.69) is 10.5 Å². The Bertz CT molecular complexity index is 583. The molecular formula is C9H3Cl3N2O3. The number of hydrogen-bond acceptors (Lipinski definition) is 4. The molecule has 8 heteroatoms. The fraction of sp³-hybridized carbons (Fsp3) is 0. The Morgan fingerprint density at radius 3 is 2.41 bits per heavy atom. The number of amides is 1. The number of fused-ring (bicyclic) bond motifs is 1. The summed E-state index contributed by atoms with van der Waals surface area (Å²) in [6.45, 7) is 0. The number of nitrogens with zero attached hydrogens (tertiary/aromatic N) is 1. The molecule has 88 valence electrons. The van der Waals surface area contributed by atoms with E-state index >= 15 is 0 Å². The number of benzene rings is 1. The first-order chi connectivity index (χ1) is 7.97. The molecule has 2 rings (SSSR count). The summed E-state index contributed by atoms with van der Waals surface area (Å²) >= 11 is 17.4. The molecule has 0 aliphatic carbocycles. The molecule has 17 heavy (non-hydrogen) atoms. The second kappa shape index (κ2) is 4.18. The molecule has 0 aromatic heterocycles. The number of rotatable bonds is 0. The molecule has 0 saturated heterocycles. The van der Waals surface area contributed by atoms with Crippen LogP contribution in [0, 0.1) is 0 Å². The molecule has 0 saturated carbocycles. The molecule has 0 bridgehead atoms. The van der Waals surface area contributed by atoms with E-state index in [4.69, 9.17) is 40.0 Å². The lowest BCUT2D eigenvalue weighted by atomic mass is 10.00. The Hall–Kier alpha value is -1.30. The summed E-state index contributed by atoms with van der Waals surface area (Å²) in [4.78, 5) is 23.2. The van der Waals surface area contributed by atoms with Gasteiger partial charge in [-0.2, -0.15) is 0 Å². The lowest BCUT2D eigenvalue weighted by molar-refractivity contribution is -0.110. The third kappa shape index (κ3) is 1.76. The number of carbonyl (C=O) groups excluding carboxylic acids is 2. The third-order valence-corrected chi connectivity index (χ3v) is 3.44. The fourth-order valence-electron chi connectivity index (χ4n) is 1.39. The van der Waals surface area contributed by atoms with E-state index in [0.29, 0.717) is 0 Å². The van der Waals surface area contributed by atoms with Gasteiger partial charge < -0.3 is 10.5 Å². The minimum Gasteiger partial charge on any atom is -0.410 e. The number of ketones is 1. The van der Waals surface area contributed by atoms with Crippen molar-refractivity contribution in [2.75, 3.05) is 5.32 Å². The van der Waals surface area contributed by atoms with Crippen molar-refractivity contribution in [3.05, 3.63) is 26.7 Å². The monoisotopic (exact) mass is 292 g/mol. The Morgan fingerprint density at radius 2 is 1.82 bits per heavy atom. The zero-order valence-corrected chi connectivity index (χ0v) is 10.2. The molecule has 1 aromatic rings. The lowest BCUT2D eigenvalue weighted by Crippen LogP contribution is -2.36. The summed E-state index contributed by atoms with van der Waals surface area (Å²) in [6.07, 6.45) is 0. The number of Topliss-reactive ketones (excluding diaryl/α,β-unsaturated/α-hetero) is 1. The zero-order chi connectivity index (χ0) is 12.7. The van der Waals surface area contributed by atoms with Crippen LogP contribution in [0.5, 0.6) is 0 Å². The van der Waals surface area contributed by atoms with Crippen LogP contribution in [0.15, 0.2) is 11.2 Å². The van der Waals surface area contributed by atoms with Crippen molar-refractivity contribution in [3.63, 3.8) is 0 Å². The molecule has 1 aliphatic rings. The summed E-state index contributed by atoms with van der Waals surface area (Å²) in [5.74, 6) is -1.63. The SMILES string of the molecule is O=C1Nc2c(cc(Cl)c(Cl)c2Cl)C(=O)/C1=N/O. The summed E-state index contributed by atoms with van der Waals surface area (Å²) in [5.41, 5.74) is -0.549. The second-order valence-electron chi connectivity index (χ2n) is 3.14. The zero-order valence-electron chi connectivity index (χ0n) is 7.92. The predicted molar refractivity (Wildman–Crippen MR) is 63.7 cm³/mol. The van der Waals surface area contributed by atoms with Crippen LogP contribution >= 0.6 is 34.8 Å². The van der Waals surface area contributed by atoms with E-state index in [1.165, 1.54) is 6.07 Å². The Balaban J connectivity index is 2.74. The smallest absolute Gasteiger partial charge is 0.281 e. The minimum atomic E-state index is -0.856. The van der Waals surface area contributed by atoms with Crippen LogP contribution in [0.1, 0.15) is 10.4 Å². The average Bonchev–Trinajstić information content (AvgIpc) is 2.29. The highest BCUT2D eigenvalue weighted by Crippen LogP contribution is 2.40. The number of halogens is 3. The van der Waals surface area contributed by atoms with Crippen LogP contribution < -0.4 is 5.32 Å². The predicted octanol–water partition coefficient (Wildman–Crippen LogP) is 2.61. The molecule has 0 unspecified atom stereocenters. The van der Waals surface area contributed by atoms with Crippen LogP contribution in [-0.2, 0) is 4.79 Å². The number of nitrogens with one attached hydrogen (secondary N) is 1. The van der Waals surface area contributed by atoms with Gasteiger partial charge in [-0.25, -0.2) is 0 Å². The van der Waals surface area contributed by atoms with Gasteiger partial charge in [0.25, 0.3) is 5.91 Å². The van der Waals surface area contributed by atoms with Crippen molar-refractivity contribution in [1.29, 1.82) is 0 Å². The largest absolute Gasteiger partial charge is 0.410 e. The number of hydrogen-bond donors (Lipinski definition) is 2. The van der Waals surface area contributed by atoms with E-state index in [-0.39, 0.29) is 26.3 Å². The van der Waals surface area contributed by atoms with E-state index in [1.807, 2.05) is 0 Å². The van der Waals surface area contributed by atoms with Gasteiger partial charge in [0.2, 0.25) is 11.5 Å². The molecule has 1 aromatic carbocycles. The van der Waals surface area contributed by atoms with Gasteiger partial charge in [-0.05, 0) is 6.07 Å². The van der Waals surface area contributed by atoms with E-state index in [0.717, 1.165) is 0 Å². The van der Waals surface area contributed by atoms with Gasteiger partial charge in [0.05, 0.1) is 26.3 Å². The van der Waals surface area contributed by atoms with Crippen LogP contribution in [0.2, 0.25) is 15.1 Å². The van der Waals surface area contributed by atoms with Crippen LogP contribution in [0.25, 0.3) is 0 Å². The number of anilines is 1. The maximum atomic E-state index is 11.8. The van der Waals surface area contributed by atoms with Crippen LogP contribution in [0.3, 0.4) is 0 Å². The second-order valence-corrected chi connectivity index (χ2v) is 4.30. The van der Waals surface area contributed by atoms with Crippen molar-refractivity contribution in [3.8, 4) is 0 Å². The number of oxime groups is 1. The van der Waals surface area contributed by atoms with Crippen molar-refractivity contribution in [2.24, 2.45) is 5.16 Å². The quantitative estimate of drug-likeness (QED) is 0.438. The molecule has 5 nitrogen and oxygen atoms in total. The first-order valence-electron chi connectivity index (χ1n) is 4.23. The van der Waals surface area contributed by atoms with Crippen LogP contribution in [0.4, 0.5) is 5.69 Å². The maximum Gasteiger partial charge on any atom is 0.281 e. The van der Waals surface area contributed by atoms with Gasteiger partial charge in [-0.3, -0.25) is 9.59 Å². The Labute approximate surface area is 110 Å². The average molecular weight is 293 g/mol. The maximum absolute atomic E-state index is 11.8. The van der Waals surface area contributed by atoms with Gasteiger partial charge in [-0.1, -0.05) is 40.0 Å². The highest BCUT2D eigenvalue weighted by molar-refractivity contribution is 6.73. The summed E-state index contributed by atoms with van der Waals surface area (Å²) in [7, 11) is 0. The highest BCUT2D eigenvalue weighted by Gasteiger charge is 2.33. The standard InChI is InChI=1S/C9H3Cl3N2O3/c10-3-1-2-6(5(12)4(3)11)13-9(16)7(14-17)8(2)15/h1,17H,(H,13,16)/b14-7-. The van der Waals surface area contributed by atoms with E-state index in [9.17, 15) is 9.59 Å². The molecule has 1 amide bonds. The van der Waals surface area contributed by atoms with Crippen molar-refractivity contribution < 1.29 is 14.8 Å². The van der Waals surface area contributed by atoms with Gasteiger partial charge in [0.1, 0.15) is 0 Å². The van der Waals surface area contributed by atoms with Crippen molar-refractivity contribution >= 4 is 57.9 Å². The first-order valence-corrected chi connectivity index (χ1v) is 5.36. The van der Waals surface area contributed by atoms with Crippen molar-refractivity contribution in [1.82, 2.24) is 0 Å². The summed E-state index contributed by atoms with van der Waals surface area (Å²) in [6, 6.07) is 1.25. The molecule has 2 N–H and O–H groups in total. The third-order valence-electron chi connectivity index (χ3n) is 2.18. The van der Waals surface area contributed by atoms with Crippen molar-refractivity contribution in [2.45, 2.75) is 0 Å². The van der Waals surface area contributed by atoms with Crippen LogP contribution in [-0.4, -0.2) is 22.6 Å². The Kier molecular flexibility index (Phi) is 2.99. The molecular weight excluding hydrogens is 290 g/mol. The highest BCUT2D eigenvalue weighted by atomic mass is 35.5. The molecule has 1 aliphatic heterocycles. The molecule has 1 heterocycles. The van der Waals surface area contributed by atoms with Gasteiger partial charge >= 0.3 is 0 Å². The fourth-order valence-corrected chi connectivity index (χ4v) is 2.04. The Morgan fingerprint density at radius 1 is 1.18 bits per heavy atom. The lowest BCUT2D eigenvalue weighted by Gasteiger charge is -2.18. The van der Waals surface area contributed by atoms with Gasteiger partial charge in [-0.15, -0.1) is 0 Å². The summed E-state index contributed by atoms with van der Waals surface area (Å²) in [5, 5.41) is 13.6. The molecule has 0 radical (unpaired) electrons. The van der Waals surface area contributed by atoms with Gasteiger partial charge in [0, 0.05) is 0 Å². The molecule has 0 atom stereocenters. The van der Waals surface area contributed by atoms with E-state index in [1.54, 1.807) is 0 Å². The first kappa shape index (κ1) is 12.2. The van der Waals surface area contributed by atoms with Gasteiger partial charge in [0.15, 0.2) is 0 Å². The van der Waals surface area contributed by atoms with E-state index < -0.39 is 17.4 Å². The summed E-state index contributed by atoms with van der Waals surface area (Å²) < 4.78 is 0. The molecule has 0 spiro atoms. The minimum absolute atomic E-state index is 0.0248. The number of carbonyl (C=O) groups is 2. The normalized spacial score (nSPS) is 17.0.